The second kappa shape index (κ2) is 7.14. The molecule has 0 fully saturated rings. The lowest BCUT2D eigenvalue weighted by atomic mass is 9.99. The Morgan fingerprint density at radius 3 is 2.35 bits per heavy atom. The van der Waals surface area contributed by atoms with Crippen molar-refractivity contribution in [1.29, 1.82) is 0 Å². The molecule has 0 heterocycles. The number of hydrogen-bond donors (Lipinski definition) is 1. The molecule has 1 aromatic rings. The Bertz CT molecular complexity index is 389. The predicted molar refractivity (Wildman–Crippen MR) is 75.0 cm³/mol. The van der Waals surface area contributed by atoms with Crippen molar-refractivity contribution >= 4 is 0 Å². The highest BCUT2D eigenvalue weighted by molar-refractivity contribution is 5.31. The molecule has 0 saturated heterocycles. The van der Waals surface area contributed by atoms with Gasteiger partial charge in [0.05, 0.1) is 0 Å². The smallest absolute Gasteiger partial charge is 0.0431 e. The Morgan fingerprint density at radius 2 is 1.82 bits per heavy atom. The quantitative estimate of drug-likeness (QED) is 0.758. The van der Waals surface area contributed by atoms with Crippen molar-refractivity contribution in [2.75, 3.05) is 6.54 Å². The Kier molecular flexibility index (Phi) is 5.80. The van der Waals surface area contributed by atoms with E-state index in [1.165, 1.54) is 16.7 Å². The van der Waals surface area contributed by atoms with Gasteiger partial charge in [-0.1, -0.05) is 36.2 Å². The van der Waals surface area contributed by atoms with Crippen LogP contribution in [0.4, 0.5) is 0 Å². The summed E-state index contributed by atoms with van der Waals surface area (Å²) in [5, 5.41) is 3.57. The SMILES string of the molecule is CC#CCC(NCCC)c1cc(C)cc(C)c1. The van der Waals surface area contributed by atoms with E-state index in [1.807, 2.05) is 6.92 Å². The summed E-state index contributed by atoms with van der Waals surface area (Å²) < 4.78 is 0. The van der Waals surface area contributed by atoms with Crippen LogP contribution in [0.25, 0.3) is 0 Å². The van der Waals surface area contributed by atoms with E-state index in [0.29, 0.717) is 6.04 Å². The molecule has 0 aliphatic rings. The first-order valence-corrected chi connectivity index (χ1v) is 6.38. The molecule has 92 valence electrons. The number of nitrogens with one attached hydrogen (secondary N) is 1. The van der Waals surface area contributed by atoms with Crippen LogP contribution >= 0.6 is 0 Å². The van der Waals surface area contributed by atoms with Crippen molar-refractivity contribution in [3.8, 4) is 11.8 Å². The zero-order valence-electron chi connectivity index (χ0n) is 11.4. The molecule has 0 aromatic heterocycles. The van der Waals surface area contributed by atoms with E-state index in [0.717, 1.165) is 19.4 Å². The molecule has 0 saturated carbocycles. The normalized spacial score (nSPS) is 11.8. The molecule has 1 heteroatoms. The van der Waals surface area contributed by atoms with Crippen molar-refractivity contribution in [2.45, 2.75) is 46.6 Å². The van der Waals surface area contributed by atoms with Crippen molar-refractivity contribution in [2.24, 2.45) is 0 Å². The van der Waals surface area contributed by atoms with Crippen molar-refractivity contribution in [1.82, 2.24) is 5.32 Å². The van der Waals surface area contributed by atoms with E-state index >= 15 is 0 Å². The summed E-state index contributed by atoms with van der Waals surface area (Å²) in [6.45, 7) is 9.44. The summed E-state index contributed by atoms with van der Waals surface area (Å²) in [4.78, 5) is 0. The second-order valence-electron chi connectivity index (χ2n) is 4.56. The van der Waals surface area contributed by atoms with Crippen LogP contribution in [-0.2, 0) is 0 Å². The third-order valence-electron chi connectivity index (χ3n) is 2.77. The first-order valence-electron chi connectivity index (χ1n) is 6.38. The van der Waals surface area contributed by atoms with Crippen LogP contribution in [-0.4, -0.2) is 6.54 Å². The molecule has 1 aromatic carbocycles. The average Bonchev–Trinajstić information content (AvgIpc) is 2.28. The van der Waals surface area contributed by atoms with Gasteiger partial charge in [-0.2, -0.15) is 0 Å². The lowest BCUT2D eigenvalue weighted by molar-refractivity contribution is 0.542. The van der Waals surface area contributed by atoms with E-state index in [-0.39, 0.29) is 0 Å². The van der Waals surface area contributed by atoms with Gasteiger partial charge < -0.3 is 5.32 Å². The minimum Gasteiger partial charge on any atom is -0.309 e. The minimum absolute atomic E-state index is 0.362. The summed E-state index contributed by atoms with van der Waals surface area (Å²) in [6.07, 6.45) is 2.04. The number of benzene rings is 1. The van der Waals surface area contributed by atoms with Gasteiger partial charge in [0.2, 0.25) is 0 Å². The lowest BCUT2D eigenvalue weighted by Crippen LogP contribution is -2.22. The lowest BCUT2D eigenvalue weighted by Gasteiger charge is -2.17. The van der Waals surface area contributed by atoms with E-state index in [1.54, 1.807) is 0 Å². The average molecular weight is 229 g/mol. The molecule has 17 heavy (non-hydrogen) atoms. The minimum atomic E-state index is 0.362. The predicted octanol–water partition coefficient (Wildman–Crippen LogP) is 3.76. The molecule has 1 nitrogen and oxygen atoms in total. The summed E-state index contributed by atoms with van der Waals surface area (Å²) in [5.41, 5.74) is 4.01. The van der Waals surface area contributed by atoms with E-state index in [9.17, 15) is 0 Å². The highest BCUT2D eigenvalue weighted by atomic mass is 14.9. The Hall–Kier alpha value is -1.26. The van der Waals surface area contributed by atoms with Gasteiger partial charge >= 0.3 is 0 Å². The van der Waals surface area contributed by atoms with Gasteiger partial charge in [-0.05, 0) is 39.3 Å². The third-order valence-corrected chi connectivity index (χ3v) is 2.77. The first kappa shape index (κ1) is 13.8. The first-order chi connectivity index (χ1) is 8.17. The van der Waals surface area contributed by atoms with Crippen LogP contribution in [0, 0.1) is 25.7 Å². The fraction of sp³-hybridized carbons (Fsp3) is 0.500. The highest BCUT2D eigenvalue weighted by Crippen LogP contribution is 2.19. The summed E-state index contributed by atoms with van der Waals surface area (Å²) in [7, 11) is 0. The number of aryl methyl sites for hydroxylation is 2. The van der Waals surface area contributed by atoms with Crippen LogP contribution in [0.1, 0.15) is 49.4 Å². The van der Waals surface area contributed by atoms with E-state index < -0.39 is 0 Å². The summed E-state index contributed by atoms with van der Waals surface area (Å²) in [6, 6.07) is 7.10. The van der Waals surface area contributed by atoms with Crippen LogP contribution < -0.4 is 5.32 Å². The Labute approximate surface area is 106 Å². The zero-order valence-corrected chi connectivity index (χ0v) is 11.4. The molecule has 0 bridgehead atoms. The van der Waals surface area contributed by atoms with Gasteiger partial charge in [0.25, 0.3) is 0 Å². The van der Waals surface area contributed by atoms with Crippen molar-refractivity contribution in [3.63, 3.8) is 0 Å². The molecule has 1 rings (SSSR count). The summed E-state index contributed by atoms with van der Waals surface area (Å²) in [5.74, 6) is 6.17. The molecule has 1 unspecified atom stereocenters. The number of hydrogen-bond acceptors (Lipinski definition) is 1. The van der Waals surface area contributed by atoms with Crippen LogP contribution in [0.3, 0.4) is 0 Å². The van der Waals surface area contributed by atoms with Crippen molar-refractivity contribution in [3.05, 3.63) is 34.9 Å². The Balaban J connectivity index is 2.88. The second-order valence-corrected chi connectivity index (χ2v) is 4.56. The highest BCUT2D eigenvalue weighted by Gasteiger charge is 2.09. The molecule has 1 N–H and O–H groups in total. The maximum atomic E-state index is 3.57. The molecule has 0 radical (unpaired) electrons. The molecule has 0 aliphatic heterocycles. The molecule has 0 spiro atoms. The maximum absolute atomic E-state index is 3.57. The van der Waals surface area contributed by atoms with Crippen molar-refractivity contribution < 1.29 is 0 Å². The molecule has 0 amide bonds. The number of rotatable bonds is 5. The molecule has 0 aliphatic carbocycles. The maximum Gasteiger partial charge on any atom is 0.0431 e. The largest absolute Gasteiger partial charge is 0.309 e. The topological polar surface area (TPSA) is 12.0 Å². The Morgan fingerprint density at radius 1 is 1.18 bits per heavy atom. The van der Waals surface area contributed by atoms with Gasteiger partial charge in [0.1, 0.15) is 0 Å². The van der Waals surface area contributed by atoms with Gasteiger partial charge in [0, 0.05) is 12.5 Å². The van der Waals surface area contributed by atoms with Gasteiger partial charge in [-0.15, -0.1) is 11.8 Å². The van der Waals surface area contributed by atoms with Crippen LogP contribution in [0.5, 0.6) is 0 Å². The van der Waals surface area contributed by atoms with Gasteiger partial charge in [-0.25, -0.2) is 0 Å². The van der Waals surface area contributed by atoms with Gasteiger partial charge in [-0.3, -0.25) is 0 Å². The van der Waals surface area contributed by atoms with E-state index in [4.69, 9.17) is 0 Å². The van der Waals surface area contributed by atoms with Crippen LogP contribution in [0.2, 0.25) is 0 Å². The fourth-order valence-corrected chi connectivity index (χ4v) is 2.04. The summed E-state index contributed by atoms with van der Waals surface area (Å²) >= 11 is 0. The van der Waals surface area contributed by atoms with Gasteiger partial charge in [0.15, 0.2) is 0 Å². The molecular weight excluding hydrogens is 206 g/mol. The van der Waals surface area contributed by atoms with E-state index in [2.05, 4.69) is 56.1 Å². The standard InChI is InChI=1S/C16H23N/c1-5-7-8-16(17-9-6-2)15-11-13(3)10-14(4)12-15/h10-12,16-17H,6,8-9H2,1-4H3. The fourth-order valence-electron chi connectivity index (χ4n) is 2.04. The zero-order chi connectivity index (χ0) is 12.7. The molecule has 1 atom stereocenters. The molecular formula is C16H23N. The monoisotopic (exact) mass is 229 g/mol. The third kappa shape index (κ3) is 4.63. The van der Waals surface area contributed by atoms with Crippen LogP contribution in [0.15, 0.2) is 18.2 Å².